The Labute approximate surface area is 171 Å². The number of hydrogen-bond donors (Lipinski definition) is 1. The summed E-state index contributed by atoms with van der Waals surface area (Å²) < 4.78 is 11.0. The molecule has 1 aliphatic rings. The monoisotopic (exact) mass is 398 g/mol. The second kappa shape index (κ2) is 9.15. The lowest BCUT2D eigenvalue weighted by Crippen LogP contribution is -2.43. The fourth-order valence-corrected chi connectivity index (χ4v) is 4.11. The molecule has 0 aliphatic heterocycles. The van der Waals surface area contributed by atoms with Crippen LogP contribution in [0.3, 0.4) is 0 Å². The molecule has 0 aromatic heterocycles. The Morgan fingerprint density at radius 2 is 1.61 bits per heavy atom. The highest BCUT2D eigenvalue weighted by molar-refractivity contribution is 5.75. The van der Waals surface area contributed by atoms with E-state index in [1.807, 2.05) is 20.8 Å². The standard InChI is InChI=1S/C23H42O5/c1-15-12-17(28-20(26)22(5,6)7)13-23(8,9)18(15)11-10-16(24)14-27-19(25)21(2,3)4/h15-18,24H,10-14H2,1-9H3/t15-,16+,17+,18+/m1/s1. The fourth-order valence-electron chi connectivity index (χ4n) is 4.11. The van der Waals surface area contributed by atoms with Crippen LogP contribution >= 0.6 is 0 Å². The van der Waals surface area contributed by atoms with Crippen LogP contribution in [0, 0.1) is 28.1 Å². The smallest absolute Gasteiger partial charge is 0.311 e. The van der Waals surface area contributed by atoms with E-state index in [-0.39, 0.29) is 30.1 Å². The number of rotatable bonds is 6. The normalized spacial score (nSPS) is 26.4. The van der Waals surface area contributed by atoms with E-state index in [0.29, 0.717) is 18.3 Å². The van der Waals surface area contributed by atoms with Crippen LogP contribution in [0.2, 0.25) is 0 Å². The summed E-state index contributed by atoms with van der Waals surface area (Å²) in [6.45, 7) is 17.7. The molecular weight excluding hydrogens is 356 g/mol. The zero-order chi connectivity index (χ0) is 21.9. The van der Waals surface area contributed by atoms with Crippen molar-refractivity contribution in [3.05, 3.63) is 0 Å². The van der Waals surface area contributed by atoms with Gasteiger partial charge in [-0.05, 0) is 84.5 Å². The van der Waals surface area contributed by atoms with Crippen molar-refractivity contribution in [2.24, 2.45) is 28.1 Å². The van der Waals surface area contributed by atoms with Crippen LogP contribution in [0.5, 0.6) is 0 Å². The Balaban J connectivity index is 2.57. The summed E-state index contributed by atoms with van der Waals surface area (Å²) in [5.41, 5.74) is -1.03. The molecule has 0 radical (unpaired) electrons. The first-order valence-corrected chi connectivity index (χ1v) is 10.6. The first-order chi connectivity index (χ1) is 12.5. The highest BCUT2D eigenvalue weighted by atomic mass is 16.5. The van der Waals surface area contributed by atoms with Crippen molar-refractivity contribution in [3.8, 4) is 0 Å². The second-order valence-corrected chi connectivity index (χ2v) is 11.4. The molecule has 1 rings (SSSR count). The van der Waals surface area contributed by atoms with Crippen LogP contribution < -0.4 is 0 Å². The minimum Gasteiger partial charge on any atom is -0.463 e. The Morgan fingerprint density at radius 3 is 2.07 bits per heavy atom. The van der Waals surface area contributed by atoms with E-state index in [4.69, 9.17) is 9.47 Å². The third-order valence-electron chi connectivity index (χ3n) is 5.80. The molecule has 0 heterocycles. The Hall–Kier alpha value is -1.10. The number of hydrogen-bond acceptors (Lipinski definition) is 5. The summed E-state index contributed by atoms with van der Waals surface area (Å²) in [6, 6.07) is 0. The molecule has 0 saturated heterocycles. The van der Waals surface area contributed by atoms with Crippen molar-refractivity contribution in [3.63, 3.8) is 0 Å². The number of esters is 2. The molecule has 4 atom stereocenters. The van der Waals surface area contributed by atoms with Crippen molar-refractivity contribution in [1.29, 1.82) is 0 Å². The van der Waals surface area contributed by atoms with Gasteiger partial charge in [-0.15, -0.1) is 0 Å². The lowest BCUT2D eigenvalue weighted by atomic mass is 9.61. The van der Waals surface area contributed by atoms with E-state index in [0.717, 1.165) is 19.3 Å². The van der Waals surface area contributed by atoms with Crippen LogP contribution in [-0.2, 0) is 19.1 Å². The number of ether oxygens (including phenoxy) is 2. The van der Waals surface area contributed by atoms with E-state index in [2.05, 4.69) is 20.8 Å². The van der Waals surface area contributed by atoms with Gasteiger partial charge in [-0.3, -0.25) is 9.59 Å². The van der Waals surface area contributed by atoms with Crippen molar-refractivity contribution in [2.45, 2.75) is 100 Å². The quantitative estimate of drug-likeness (QED) is 0.654. The first-order valence-electron chi connectivity index (χ1n) is 10.6. The summed E-state index contributed by atoms with van der Waals surface area (Å²) in [6.07, 6.45) is 2.45. The average Bonchev–Trinajstić information content (AvgIpc) is 2.48. The van der Waals surface area contributed by atoms with Gasteiger partial charge in [0.1, 0.15) is 12.7 Å². The predicted octanol–water partition coefficient (Wildman–Crippen LogP) is 4.75. The van der Waals surface area contributed by atoms with Gasteiger partial charge < -0.3 is 14.6 Å². The molecule has 5 heteroatoms. The fraction of sp³-hybridized carbons (Fsp3) is 0.913. The maximum absolute atomic E-state index is 12.2. The number of aliphatic hydroxyl groups is 1. The molecule has 0 spiro atoms. The van der Waals surface area contributed by atoms with E-state index in [9.17, 15) is 14.7 Å². The largest absolute Gasteiger partial charge is 0.463 e. The lowest BCUT2D eigenvalue weighted by Gasteiger charge is -2.46. The maximum atomic E-state index is 12.2. The van der Waals surface area contributed by atoms with Gasteiger partial charge in [-0.1, -0.05) is 20.8 Å². The molecule has 1 saturated carbocycles. The van der Waals surface area contributed by atoms with E-state index in [1.165, 1.54) is 0 Å². The minimum atomic E-state index is -0.647. The zero-order valence-electron chi connectivity index (χ0n) is 19.4. The topological polar surface area (TPSA) is 72.8 Å². The summed E-state index contributed by atoms with van der Waals surface area (Å²) in [4.78, 5) is 24.1. The predicted molar refractivity (Wildman–Crippen MR) is 111 cm³/mol. The van der Waals surface area contributed by atoms with Gasteiger partial charge in [-0.25, -0.2) is 0 Å². The zero-order valence-corrected chi connectivity index (χ0v) is 19.4. The number of aliphatic hydroxyl groups excluding tert-OH is 1. The molecule has 0 unspecified atom stereocenters. The molecule has 5 nitrogen and oxygen atoms in total. The molecule has 1 N–H and O–H groups in total. The minimum absolute atomic E-state index is 0.0162. The molecule has 0 aromatic carbocycles. The average molecular weight is 399 g/mol. The molecule has 0 bridgehead atoms. The number of carbonyl (C=O) groups is 2. The summed E-state index contributed by atoms with van der Waals surface area (Å²) >= 11 is 0. The highest BCUT2D eigenvalue weighted by Gasteiger charge is 2.43. The second-order valence-electron chi connectivity index (χ2n) is 11.4. The maximum Gasteiger partial charge on any atom is 0.311 e. The Morgan fingerprint density at radius 1 is 1.07 bits per heavy atom. The Bertz CT molecular complexity index is 538. The van der Waals surface area contributed by atoms with E-state index >= 15 is 0 Å². The van der Waals surface area contributed by atoms with Gasteiger partial charge in [0.2, 0.25) is 0 Å². The van der Waals surface area contributed by atoms with Gasteiger partial charge in [-0.2, -0.15) is 0 Å². The highest BCUT2D eigenvalue weighted by Crippen LogP contribution is 2.47. The molecule has 1 fully saturated rings. The lowest BCUT2D eigenvalue weighted by molar-refractivity contribution is -0.165. The van der Waals surface area contributed by atoms with Crippen LogP contribution in [0.4, 0.5) is 0 Å². The SMILES string of the molecule is C[C@@H]1C[C@H](OC(=O)C(C)(C)C)CC(C)(C)[C@H]1CC[C@H](O)COC(=O)C(C)(C)C. The molecule has 0 aromatic rings. The third kappa shape index (κ3) is 7.38. The van der Waals surface area contributed by atoms with Crippen molar-refractivity contribution in [2.75, 3.05) is 6.61 Å². The molecule has 0 amide bonds. The van der Waals surface area contributed by atoms with Gasteiger partial charge in [0, 0.05) is 0 Å². The van der Waals surface area contributed by atoms with Crippen LogP contribution in [0.15, 0.2) is 0 Å². The van der Waals surface area contributed by atoms with Crippen LogP contribution in [0.25, 0.3) is 0 Å². The van der Waals surface area contributed by atoms with Crippen molar-refractivity contribution < 1.29 is 24.2 Å². The van der Waals surface area contributed by atoms with Crippen molar-refractivity contribution in [1.82, 2.24) is 0 Å². The van der Waals surface area contributed by atoms with Crippen LogP contribution in [-0.4, -0.2) is 35.9 Å². The summed E-state index contributed by atoms with van der Waals surface area (Å²) in [7, 11) is 0. The van der Waals surface area contributed by atoms with Crippen molar-refractivity contribution >= 4 is 11.9 Å². The van der Waals surface area contributed by atoms with Crippen LogP contribution in [0.1, 0.15) is 88.0 Å². The summed E-state index contributed by atoms with van der Waals surface area (Å²) in [5.74, 6) is 0.382. The third-order valence-corrected chi connectivity index (χ3v) is 5.80. The Kier molecular flexibility index (Phi) is 8.15. The molecule has 1 aliphatic carbocycles. The molecule has 164 valence electrons. The van der Waals surface area contributed by atoms with E-state index in [1.54, 1.807) is 20.8 Å². The molecule has 28 heavy (non-hydrogen) atoms. The van der Waals surface area contributed by atoms with Gasteiger partial charge in [0.25, 0.3) is 0 Å². The van der Waals surface area contributed by atoms with Gasteiger partial charge >= 0.3 is 11.9 Å². The molecular formula is C23H42O5. The first kappa shape index (κ1) is 24.9. The van der Waals surface area contributed by atoms with Gasteiger partial charge in [0.05, 0.1) is 16.9 Å². The van der Waals surface area contributed by atoms with Gasteiger partial charge in [0.15, 0.2) is 0 Å². The summed E-state index contributed by atoms with van der Waals surface area (Å²) in [5, 5.41) is 10.3. The number of carbonyl (C=O) groups excluding carboxylic acids is 2. The van der Waals surface area contributed by atoms with E-state index < -0.39 is 16.9 Å².